The van der Waals surface area contributed by atoms with Crippen LogP contribution in [0.15, 0.2) is 43.9 Å². The Labute approximate surface area is 100 Å². The SMILES string of the molecule is Cn1[nH]c(=O)c(=O)nc1Sc1ccc(N)cc1. The van der Waals surface area contributed by atoms with Gasteiger partial charge < -0.3 is 5.73 Å². The van der Waals surface area contributed by atoms with Crippen LogP contribution < -0.4 is 16.9 Å². The fourth-order valence-electron chi connectivity index (χ4n) is 1.19. The summed E-state index contributed by atoms with van der Waals surface area (Å²) in [6, 6.07) is 7.15. The van der Waals surface area contributed by atoms with Crippen LogP contribution in [0.3, 0.4) is 0 Å². The van der Waals surface area contributed by atoms with Gasteiger partial charge in [0.05, 0.1) is 0 Å². The quantitative estimate of drug-likeness (QED) is 0.586. The van der Waals surface area contributed by atoms with Crippen LogP contribution in [0.25, 0.3) is 0 Å². The second-order valence-corrected chi connectivity index (χ2v) is 4.41. The number of aromatic amines is 1. The number of hydrogen-bond acceptors (Lipinski definition) is 5. The molecule has 0 spiro atoms. The Morgan fingerprint density at radius 1 is 1.29 bits per heavy atom. The molecule has 0 aliphatic carbocycles. The zero-order valence-electron chi connectivity index (χ0n) is 9.01. The van der Waals surface area contributed by atoms with Crippen LogP contribution in [0, 0.1) is 0 Å². The van der Waals surface area contributed by atoms with Crippen LogP contribution in [0.2, 0.25) is 0 Å². The molecule has 0 saturated carbocycles. The van der Waals surface area contributed by atoms with Crippen LogP contribution in [-0.4, -0.2) is 14.8 Å². The summed E-state index contributed by atoms with van der Waals surface area (Å²) in [5.74, 6) is 0. The zero-order valence-corrected chi connectivity index (χ0v) is 9.82. The summed E-state index contributed by atoms with van der Waals surface area (Å²) in [5, 5.41) is 2.80. The molecular formula is C10H10N4O2S. The highest BCUT2D eigenvalue weighted by atomic mass is 32.2. The highest BCUT2D eigenvalue weighted by molar-refractivity contribution is 7.99. The molecule has 0 aliphatic heterocycles. The minimum absolute atomic E-state index is 0.416. The molecule has 1 heterocycles. The Bertz CT molecular complexity index is 645. The van der Waals surface area contributed by atoms with E-state index < -0.39 is 11.1 Å². The summed E-state index contributed by atoms with van der Waals surface area (Å²) in [6.07, 6.45) is 0. The molecule has 7 heteroatoms. The van der Waals surface area contributed by atoms with Gasteiger partial charge in [0.2, 0.25) is 0 Å². The first-order chi connectivity index (χ1) is 8.06. The molecule has 0 saturated heterocycles. The third kappa shape index (κ3) is 2.56. The van der Waals surface area contributed by atoms with E-state index >= 15 is 0 Å². The Balaban J connectivity index is 2.36. The number of hydrogen-bond donors (Lipinski definition) is 2. The highest BCUT2D eigenvalue weighted by Gasteiger charge is 2.05. The van der Waals surface area contributed by atoms with Crippen molar-refractivity contribution < 1.29 is 0 Å². The van der Waals surface area contributed by atoms with E-state index in [1.807, 2.05) is 12.1 Å². The van der Waals surface area contributed by atoms with Gasteiger partial charge in [0.15, 0.2) is 5.16 Å². The first-order valence-corrected chi connectivity index (χ1v) is 5.58. The third-order valence-electron chi connectivity index (χ3n) is 2.04. The molecule has 17 heavy (non-hydrogen) atoms. The molecule has 0 bridgehead atoms. The summed E-state index contributed by atoms with van der Waals surface area (Å²) < 4.78 is 1.41. The fourth-order valence-corrected chi connectivity index (χ4v) is 1.99. The highest BCUT2D eigenvalue weighted by Crippen LogP contribution is 2.24. The molecular weight excluding hydrogens is 240 g/mol. The van der Waals surface area contributed by atoms with Crippen molar-refractivity contribution in [2.75, 3.05) is 5.73 Å². The third-order valence-corrected chi connectivity index (χ3v) is 3.09. The predicted octanol–water partition coefficient (Wildman–Crippen LogP) is 0.202. The van der Waals surface area contributed by atoms with E-state index in [1.165, 1.54) is 16.4 Å². The standard InChI is InChI=1S/C10H10N4O2S/c1-14-10(12-8(15)9(16)13-14)17-7-4-2-6(11)3-5-7/h2-5H,11H2,1H3,(H,13,16). The molecule has 0 radical (unpaired) electrons. The van der Waals surface area contributed by atoms with Gasteiger partial charge in [-0.15, -0.1) is 0 Å². The van der Waals surface area contributed by atoms with E-state index in [-0.39, 0.29) is 0 Å². The number of nitrogen functional groups attached to an aromatic ring is 1. The van der Waals surface area contributed by atoms with E-state index in [0.29, 0.717) is 10.8 Å². The largest absolute Gasteiger partial charge is 0.399 e. The number of anilines is 1. The summed E-state index contributed by atoms with van der Waals surface area (Å²) >= 11 is 1.27. The summed E-state index contributed by atoms with van der Waals surface area (Å²) in [7, 11) is 1.62. The normalized spacial score (nSPS) is 10.4. The maximum atomic E-state index is 11.1. The predicted molar refractivity (Wildman–Crippen MR) is 65.1 cm³/mol. The maximum Gasteiger partial charge on any atom is 0.339 e. The monoisotopic (exact) mass is 250 g/mol. The van der Waals surface area contributed by atoms with Crippen molar-refractivity contribution in [3.63, 3.8) is 0 Å². The Hall–Kier alpha value is -2.02. The number of rotatable bonds is 2. The second kappa shape index (κ2) is 4.46. The van der Waals surface area contributed by atoms with Gasteiger partial charge in [-0.05, 0) is 24.3 Å². The van der Waals surface area contributed by atoms with Crippen LogP contribution >= 0.6 is 11.8 Å². The van der Waals surface area contributed by atoms with Gasteiger partial charge in [0, 0.05) is 17.6 Å². The van der Waals surface area contributed by atoms with Crippen LogP contribution in [0.1, 0.15) is 0 Å². The lowest BCUT2D eigenvalue weighted by molar-refractivity contribution is 0.596. The number of H-pyrrole nitrogens is 1. The number of aryl methyl sites for hydroxylation is 1. The van der Waals surface area contributed by atoms with Gasteiger partial charge >= 0.3 is 11.1 Å². The lowest BCUT2D eigenvalue weighted by Gasteiger charge is -2.05. The molecule has 3 N–H and O–H groups in total. The van der Waals surface area contributed by atoms with Crippen molar-refractivity contribution >= 4 is 17.4 Å². The lowest BCUT2D eigenvalue weighted by Crippen LogP contribution is -2.33. The summed E-state index contributed by atoms with van der Waals surface area (Å²) in [4.78, 5) is 26.7. The number of benzene rings is 1. The Morgan fingerprint density at radius 3 is 2.59 bits per heavy atom. The minimum Gasteiger partial charge on any atom is -0.399 e. The molecule has 6 nitrogen and oxygen atoms in total. The molecule has 1 aromatic heterocycles. The molecule has 2 aromatic rings. The van der Waals surface area contributed by atoms with E-state index in [1.54, 1.807) is 19.2 Å². The van der Waals surface area contributed by atoms with E-state index in [4.69, 9.17) is 5.73 Å². The maximum absolute atomic E-state index is 11.1. The van der Waals surface area contributed by atoms with Crippen molar-refractivity contribution in [3.8, 4) is 0 Å². The molecule has 0 atom stereocenters. The van der Waals surface area contributed by atoms with Crippen molar-refractivity contribution in [2.24, 2.45) is 7.05 Å². The van der Waals surface area contributed by atoms with Crippen molar-refractivity contribution in [1.82, 2.24) is 14.8 Å². The fraction of sp³-hybridized carbons (Fsp3) is 0.100. The topological polar surface area (TPSA) is 93.8 Å². The van der Waals surface area contributed by atoms with Crippen LogP contribution in [0.4, 0.5) is 5.69 Å². The molecule has 2 rings (SSSR count). The van der Waals surface area contributed by atoms with Crippen molar-refractivity contribution in [3.05, 3.63) is 45.0 Å². The minimum atomic E-state index is -0.791. The lowest BCUT2D eigenvalue weighted by atomic mass is 10.3. The van der Waals surface area contributed by atoms with Crippen LogP contribution in [0.5, 0.6) is 0 Å². The molecule has 0 aliphatic rings. The average Bonchev–Trinajstić information content (AvgIpc) is 2.29. The average molecular weight is 250 g/mol. The van der Waals surface area contributed by atoms with Gasteiger partial charge in [-0.3, -0.25) is 19.4 Å². The molecule has 0 amide bonds. The Kier molecular flexibility index (Phi) is 3.01. The molecule has 0 unspecified atom stereocenters. The molecule has 1 aromatic carbocycles. The number of nitrogens with one attached hydrogen (secondary N) is 1. The van der Waals surface area contributed by atoms with Gasteiger partial charge in [0.25, 0.3) is 0 Å². The van der Waals surface area contributed by atoms with Gasteiger partial charge in [0.1, 0.15) is 0 Å². The number of aromatic nitrogens is 3. The summed E-state index contributed by atoms with van der Waals surface area (Å²) in [5.41, 5.74) is 4.71. The van der Waals surface area contributed by atoms with Crippen LogP contribution in [-0.2, 0) is 7.05 Å². The zero-order chi connectivity index (χ0) is 12.4. The van der Waals surface area contributed by atoms with Gasteiger partial charge in [-0.1, -0.05) is 11.8 Å². The van der Waals surface area contributed by atoms with E-state index in [2.05, 4.69) is 10.1 Å². The second-order valence-electron chi connectivity index (χ2n) is 3.37. The van der Waals surface area contributed by atoms with Gasteiger partial charge in [-0.2, -0.15) is 4.98 Å². The first-order valence-electron chi connectivity index (χ1n) is 4.77. The van der Waals surface area contributed by atoms with Crippen molar-refractivity contribution in [2.45, 2.75) is 10.1 Å². The Morgan fingerprint density at radius 2 is 1.94 bits per heavy atom. The number of nitrogens with zero attached hydrogens (tertiary/aromatic N) is 2. The smallest absolute Gasteiger partial charge is 0.339 e. The van der Waals surface area contributed by atoms with E-state index in [9.17, 15) is 9.59 Å². The van der Waals surface area contributed by atoms with Crippen molar-refractivity contribution in [1.29, 1.82) is 0 Å². The van der Waals surface area contributed by atoms with E-state index in [0.717, 1.165) is 4.90 Å². The molecule has 0 fully saturated rings. The summed E-state index contributed by atoms with van der Waals surface area (Å²) in [6.45, 7) is 0. The number of nitrogens with two attached hydrogens (primary N) is 1. The molecule has 88 valence electrons. The van der Waals surface area contributed by atoms with Gasteiger partial charge in [-0.25, -0.2) is 0 Å². The first kappa shape index (κ1) is 11.5.